The second-order valence-electron chi connectivity index (χ2n) is 2.67. The molecule has 84 valence electrons. The average Bonchev–Trinajstić information content (AvgIpc) is 2.66. The Morgan fingerprint density at radius 2 is 2.44 bits per heavy atom. The first-order chi connectivity index (χ1) is 7.63. The number of carbonyl (C=O) groups excluding carboxylic acids is 1. The van der Waals surface area contributed by atoms with Crippen molar-refractivity contribution < 1.29 is 14.7 Å². The topological polar surface area (TPSA) is 119 Å². The predicted molar refractivity (Wildman–Crippen MR) is 57.1 cm³/mol. The van der Waals surface area contributed by atoms with Crippen molar-refractivity contribution in [2.45, 2.75) is 0 Å². The van der Waals surface area contributed by atoms with Crippen LogP contribution in [0.4, 0.5) is 5.82 Å². The second-order valence-corrected chi connectivity index (χ2v) is 3.66. The molecule has 1 aromatic rings. The molecule has 0 bridgehead atoms. The van der Waals surface area contributed by atoms with E-state index in [-0.39, 0.29) is 28.9 Å². The molecule has 0 saturated heterocycles. The number of nitrogens with one attached hydrogen (secondary N) is 2. The molecule has 1 amide bonds. The maximum atomic E-state index is 11.2. The van der Waals surface area contributed by atoms with Gasteiger partial charge >= 0.3 is 5.97 Å². The molecule has 1 rings (SSSR count). The van der Waals surface area contributed by atoms with E-state index in [1.165, 1.54) is 17.8 Å². The number of nitrogens with zero attached hydrogens (tertiary/aromatic N) is 2. The highest BCUT2D eigenvalue weighted by Crippen LogP contribution is 2.06. The molecule has 16 heavy (non-hydrogen) atoms. The summed E-state index contributed by atoms with van der Waals surface area (Å²) in [6.07, 6.45) is 0. The first kappa shape index (κ1) is 12.1. The van der Waals surface area contributed by atoms with E-state index in [0.717, 1.165) is 0 Å². The van der Waals surface area contributed by atoms with Crippen molar-refractivity contribution in [2.75, 3.05) is 16.8 Å². The Labute approximate surface area is 94.8 Å². The van der Waals surface area contributed by atoms with Crippen LogP contribution < -0.4 is 5.32 Å². The quantitative estimate of drug-likeness (QED) is 0.637. The fourth-order valence-corrected chi connectivity index (χ4v) is 1.31. The van der Waals surface area contributed by atoms with Crippen molar-refractivity contribution >= 4 is 29.5 Å². The minimum Gasteiger partial charge on any atom is -0.477 e. The van der Waals surface area contributed by atoms with E-state index in [2.05, 4.69) is 15.5 Å². The summed E-state index contributed by atoms with van der Waals surface area (Å²) in [6.45, 7) is 0. The van der Waals surface area contributed by atoms with Crippen molar-refractivity contribution in [1.29, 1.82) is 5.26 Å². The maximum absolute atomic E-state index is 11.2. The lowest BCUT2D eigenvalue weighted by atomic mass is 10.4. The number of nitriles is 1. The number of rotatable bonds is 5. The summed E-state index contributed by atoms with van der Waals surface area (Å²) < 4.78 is 0. The van der Waals surface area contributed by atoms with Crippen LogP contribution in [0.2, 0.25) is 0 Å². The third kappa shape index (κ3) is 3.62. The van der Waals surface area contributed by atoms with Gasteiger partial charge in [0, 0.05) is 6.07 Å². The lowest BCUT2D eigenvalue weighted by Gasteiger charge is -1.98. The molecule has 0 aliphatic carbocycles. The maximum Gasteiger partial charge on any atom is 0.353 e. The molecule has 3 N–H and O–H groups in total. The molecule has 0 aliphatic heterocycles. The zero-order chi connectivity index (χ0) is 12.0. The van der Waals surface area contributed by atoms with Crippen molar-refractivity contribution in [1.82, 2.24) is 10.2 Å². The summed E-state index contributed by atoms with van der Waals surface area (Å²) in [4.78, 5) is 21.7. The highest BCUT2D eigenvalue weighted by molar-refractivity contribution is 8.00. The highest BCUT2D eigenvalue weighted by atomic mass is 32.2. The second kappa shape index (κ2) is 5.77. The number of anilines is 1. The summed E-state index contributed by atoms with van der Waals surface area (Å²) in [7, 11) is 0. The number of aromatic carboxylic acids is 1. The summed E-state index contributed by atoms with van der Waals surface area (Å²) in [5.41, 5.74) is -0.0972. The van der Waals surface area contributed by atoms with Crippen LogP contribution in [0.1, 0.15) is 10.5 Å². The van der Waals surface area contributed by atoms with Crippen LogP contribution >= 0.6 is 11.8 Å². The number of thioether (sulfide) groups is 1. The molecule has 7 nitrogen and oxygen atoms in total. The molecular formula is C8H8N4O3S. The Bertz CT molecular complexity index is 437. The van der Waals surface area contributed by atoms with E-state index in [1.807, 2.05) is 6.07 Å². The van der Waals surface area contributed by atoms with E-state index in [0.29, 0.717) is 0 Å². The fraction of sp³-hybridized carbons (Fsp3) is 0.250. The van der Waals surface area contributed by atoms with Crippen LogP contribution in [0.3, 0.4) is 0 Å². The van der Waals surface area contributed by atoms with Crippen LogP contribution in [0.25, 0.3) is 0 Å². The first-order valence-corrected chi connectivity index (χ1v) is 5.32. The Hall–Kier alpha value is -2.01. The molecule has 0 radical (unpaired) electrons. The highest BCUT2D eigenvalue weighted by Gasteiger charge is 2.09. The van der Waals surface area contributed by atoms with Crippen LogP contribution in [-0.4, -0.2) is 38.7 Å². The van der Waals surface area contributed by atoms with Gasteiger partial charge in [0.15, 0.2) is 5.82 Å². The molecule has 0 spiro atoms. The molecule has 8 heteroatoms. The van der Waals surface area contributed by atoms with Gasteiger partial charge in [-0.15, -0.1) is 11.8 Å². The van der Waals surface area contributed by atoms with E-state index < -0.39 is 5.97 Å². The van der Waals surface area contributed by atoms with Gasteiger partial charge in [-0.2, -0.15) is 10.4 Å². The van der Waals surface area contributed by atoms with Gasteiger partial charge in [0.05, 0.1) is 17.6 Å². The standard InChI is InChI=1S/C8H8N4O3S/c9-1-2-16-4-7(13)10-6-3-5(8(14)15)11-12-6/h3H,2,4H2,(H,14,15)(H2,10,11,12,13). The number of H-pyrrole nitrogens is 1. The first-order valence-electron chi connectivity index (χ1n) is 4.16. The summed E-state index contributed by atoms with van der Waals surface area (Å²) in [5.74, 6) is -0.965. The van der Waals surface area contributed by atoms with E-state index in [4.69, 9.17) is 10.4 Å². The molecule has 0 aromatic carbocycles. The Morgan fingerprint density at radius 1 is 1.69 bits per heavy atom. The smallest absolute Gasteiger partial charge is 0.353 e. The van der Waals surface area contributed by atoms with Gasteiger partial charge in [0.25, 0.3) is 0 Å². The summed E-state index contributed by atoms with van der Waals surface area (Å²) >= 11 is 1.17. The third-order valence-electron chi connectivity index (χ3n) is 1.48. The van der Waals surface area contributed by atoms with Crippen LogP contribution in [0, 0.1) is 11.3 Å². The third-order valence-corrected chi connectivity index (χ3v) is 2.28. The van der Waals surface area contributed by atoms with Gasteiger partial charge in [0.2, 0.25) is 5.91 Å². The number of carboxylic acids is 1. The van der Waals surface area contributed by atoms with Crippen LogP contribution in [-0.2, 0) is 4.79 Å². The van der Waals surface area contributed by atoms with Gasteiger partial charge in [0.1, 0.15) is 5.69 Å². The minimum atomic E-state index is -1.15. The molecule has 0 unspecified atom stereocenters. The molecule has 0 fully saturated rings. The lowest BCUT2D eigenvalue weighted by Crippen LogP contribution is -2.14. The largest absolute Gasteiger partial charge is 0.477 e. The van der Waals surface area contributed by atoms with Gasteiger partial charge in [-0.3, -0.25) is 9.89 Å². The van der Waals surface area contributed by atoms with Crippen molar-refractivity contribution in [3.8, 4) is 6.07 Å². The van der Waals surface area contributed by atoms with Crippen LogP contribution in [0.15, 0.2) is 6.07 Å². The molecule has 0 atom stereocenters. The van der Waals surface area contributed by atoms with Crippen LogP contribution in [0.5, 0.6) is 0 Å². The number of carboxylic acid groups (broad SMARTS) is 1. The van der Waals surface area contributed by atoms with E-state index in [1.54, 1.807) is 0 Å². The molecule has 1 aromatic heterocycles. The summed E-state index contributed by atoms with van der Waals surface area (Å²) in [5, 5.41) is 25.1. The van der Waals surface area contributed by atoms with E-state index >= 15 is 0 Å². The normalized spacial score (nSPS) is 9.44. The number of hydrogen-bond donors (Lipinski definition) is 3. The predicted octanol–water partition coefficient (Wildman–Crippen LogP) is 0.303. The number of carbonyl (C=O) groups is 2. The zero-order valence-corrected chi connectivity index (χ0v) is 8.87. The lowest BCUT2D eigenvalue weighted by molar-refractivity contribution is -0.113. The SMILES string of the molecule is N#CCSCC(=O)Nc1cc(C(=O)O)[nH]n1. The number of aromatic nitrogens is 2. The van der Waals surface area contributed by atoms with Gasteiger partial charge in [-0.05, 0) is 0 Å². The van der Waals surface area contributed by atoms with Crippen molar-refractivity contribution in [3.05, 3.63) is 11.8 Å². The fourth-order valence-electron chi connectivity index (χ4n) is 0.864. The Balaban J connectivity index is 2.44. The van der Waals surface area contributed by atoms with E-state index in [9.17, 15) is 9.59 Å². The van der Waals surface area contributed by atoms with Gasteiger partial charge in [-0.25, -0.2) is 4.79 Å². The molecular weight excluding hydrogens is 232 g/mol. The van der Waals surface area contributed by atoms with Crippen molar-refractivity contribution in [2.24, 2.45) is 0 Å². The number of amides is 1. The van der Waals surface area contributed by atoms with Gasteiger partial charge < -0.3 is 10.4 Å². The molecule has 0 saturated carbocycles. The van der Waals surface area contributed by atoms with Crippen molar-refractivity contribution in [3.63, 3.8) is 0 Å². The minimum absolute atomic E-state index is 0.0972. The molecule has 0 aliphatic rings. The Kier molecular flexibility index (Phi) is 4.35. The average molecular weight is 240 g/mol. The number of aromatic amines is 1. The zero-order valence-electron chi connectivity index (χ0n) is 8.06. The van der Waals surface area contributed by atoms with Gasteiger partial charge in [-0.1, -0.05) is 0 Å². The Morgan fingerprint density at radius 3 is 3.00 bits per heavy atom. The summed E-state index contributed by atoms with van der Waals surface area (Å²) in [6, 6.07) is 3.11. The number of hydrogen-bond acceptors (Lipinski definition) is 5. The monoisotopic (exact) mass is 240 g/mol. The molecule has 1 heterocycles.